The van der Waals surface area contributed by atoms with E-state index in [0.717, 1.165) is 5.56 Å². The summed E-state index contributed by atoms with van der Waals surface area (Å²) in [5.41, 5.74) is 2.10. The molecule has 0 heterocycles. The largest absolute Gasteiger partial charge is 0.434 e. The van der Waals surface area contributed by atoms with Crippen LogP contribution in [0.4, 0.5) is 8.78 Å². The van der Waals surface area contributed by atoms with Gasteiger partial charge >= 0.3 is 6.61 Å². The first kappa shape index (κ1) is 16.4. The molecule has 2 rings (SSSR count). The first-order valence-electron chi connectivity index (χ1n) is 7.05. The molecule has 0 saturated heterocycles. The molecule has 5 heteroatoms. The van der Waals surface area contributed by atoms with Gasteiger partial charge in [-0.3, -0.25) is 0 Å². The zero-order valence-corrected chi connectivity index (χ0v) is 12.3. The van der Waals surface area contributed by atoms with Crippen molar-refractivity contribution in [3.8, 4) is 5.75 Å². The van der Waals surface area contributed by atoms with Gasteiger partial charge in [0.15, 0.2) is 0 Å². The van der Waals surface area contributed by atoms with E-state index in [0.29, 0.717) is 24.2 Å². The summed E-state index contributed by atoms with van der Waals surface area (Å²) in [7, 11) is 0. The third-order valence-electron chi connectivity index (χ3n) is 3.34. The van der Waals surface area contributed by atoms with Gasteiger partial charge in [-0.2, -0.15) is 8.78 Å². The number of hydrogen-bond donors (Lipinski definition) is 2. The van der Waals surface area contributed by atoms with Crippen molar-refractivity contribution in [3.05, 3.63) is 65.2 Å². The molecular formula is C17H19F2NO2. The second-order valence-electron chi connectivity index (χ2n) is 5.00. The molecule has 0 saturated carbocycles. The van der Waals surface area contributed by atoms with Gasteiger partial charge < -0.3 is 15.2 Å². The number of alkyl halides is 2. The number of rotatable bonds is 7. The number of benzene rings is 2. The summed E-state index contributed by atoms with van der Waals surface area (Å²) >= 11 is 0. The highest BCUT2D eigenvalue weighted by Crippen LogP contribution is 2.25. The monoisotopic (exact) mass is 307 g/mol. The fraction of sp³-hybridized carbons (Fsp3) is 0.294. The van der Waals surface area contributed by atoms with Crippen LogP contribution in [0.15, 0.2) is 48.5 Å². The molecule has 2 aromatic rings. The van der Waals surface area contributed by atoms with E-state index in [1.165, 1.54) is 0 Å². The highest BCUT2D eigenvalue weighted by Gasteiger charge is 2.13. The Bertz CT molecular complexity index is 590. The number of para-hydroxylation sites is 1. The molecule has 1 unspecified atom stereocenters. The Kier molecular flexibility index (Phi) is 5.86. The molecule has 118 valence electrons. The molecule has 3 nitrogen and oxygen atoms in total. The van der Waals surface area contributed by atoms with Crippen molar-refractivity contribution in [2.75, 3.05) is 6.54 Å². The molecule has 2 aromatic carbocycles. The Balaban J connectivity index is 1.96. The van der Waals surface area contributed by atoms with Gasteiger partial charge in [0, 0.05) is 18.7 Å². The number of nitrogens with one attached hydrogen (secondary N) is 1. The lowest BCUT2D eigenvalue weighted by Crippen LogP contribution is -2.21. The maximum absolute atomic E-state index is 12.5. The van der Waals surface area contributed by atoms with Crippen LogP contribution < -0.4 is 10.1 Å². The van der Waals surface area contributed by atoms with Crippen molar-refractivity contribution in [1.82, 2.24) is 5.32 Å². The van der Waals surface area contributed by atoms with Crippen LogP contribution in [-0.4, -0.2) is 18.3 Å². The lowest BCUT2D eigenvalue weighted by Gasteiger charge is -2.16. The number of halogens is 2. The third-order valence-corrected chi connectivity index (χ3v) is 3.34. The molecule has 0 aromatic heterocycles. The van der Waals surface area contributed by atoms with Crippen LogP contribution in [0.25, 0.3) is 0 Å². The number of aliphatic hydroxyl groups is 1. The SMILES string of the molecule is Cc1cccc(CNCC(O)c2ccccc2)c1OC(F)F. The first-order valence-corrected chi connectivity index (χ1v) is 7.05. The van der Waals surface area contributed by atoms with Crippen molar-refractivity contribution >= 4 is 0 Å². The Morgan fingerprint density at radius 2 is 1.82 bits per heavy atom. The molecule has 1 atom stereocenters. The molecule has 22 heavy (non-hydrogen) atoms. The first-order chi connectivity index (χ1) is 10.6. The van der Waals surface area contributed by atoms with Gasteiger partial charge in [-0.15, -0.1) is 0 Å². The van der Waals surface area contributed by atoms with E-state index >= 15 is 0 Å². The molecule has 2 N–H and O–H groups in total. The van der Waals surface area contributed by atoms with Gasteiger partial charge in [0.05, 0.1) is 6.10 Å². The lowest BCUT2D eigenvalue weighted by atomic mass is 10.1. The Morgan fingerprint density at radius 1 is 1.09 bits per heavy atom. The van der Waals surface area contributed by atoms with Crippen LogP contribution in [0.2, 0.25) is 0 Å². The molecule has 0 bridgehead atoms. The van der Waals surface area contributed by atoms with E-state index in [9.17, 15) is 13.9 Å². The van der Waals surface area contributed by atoms with Crippen molar-refractivity contribution in [3.63, 3.8) is 0 Å². The molecule has 0 aliphatic carbocycles. The minimum atomic E-state index is -2.85. The highest BCUT2D eigenvalue weighted by molar-refractivity contribution is 5.40. The van der Waals surface area contributed by atoms with E-state index < -0.39 is 12.7 Å². The predicted molar refractivity (Wildman–Crippen MR) is 80.9 cm³/mol. The summed E-state index contributed by atoms with van der Waals surface area (Å²) in [4.78, 5) is 0. The molecule has 0 amide bonds. The van der Waals surface area contributed by atoms with Crippen LogP contribution in [0.5, 0.6) is 5.75 Å². The van der Waals surface area contributed by atoms with E-state index in [-0.39, 0.29) is 5.75 Å². The van der Waals surface area contributed by atoms with Crippen LogP contribution in [0.1, 0.15) is 22.8 Å². The van der Waals surface area contributed by atoms with Crippen LogP contribution in [0.3, 0.4) is 0 Å². The smallest absolute Gasteiger partial charge is 0.387 e. The van der Waals surface area contributed by atoms with E-state index in [2.05, 4.69) is 10.1 Å². The van der Waals surface area contributed by atoms with Gasteiger partial charge in [0.1, 0.15) is 5.75 Å². The van der Waals surface area contributed by atoms with Gasteiger partial charge in [0.25, 0.3) is 0 Å². The summed E-state index contributed by atoms with van der Waals surface area (Å²) in [5, 5.41) is 13.1. The standard InChI is InChI=1S/C17H19F2NO2/c1-12-6-5-9-14(16(12)22-17(18)19)10-20-11-15(21)13-7-3-2-4-8-13/h2-9,15,17,20-21H,10-11H2,1H3. The second kappa shape index (κ2) is 7.87. The predicted octanol–water partition coefficient (Wildman–Crippen LogP) is 3.42. The minimum absolute atomic E-state index is 0.194. The summed E-state index contributed by atoms with van der Waals surface area (Å²) in [6, 6.07) is 14.5. The maximum atomic E-state index is 12.5. The Hall–Kier alpha value is -1.98. The van der Waals surface area contributed by atoms with Crippen molar-refractivity contribution in [2.45, 2.75) is 26.2 Å². The molecule has 0 aliphatic heterocycles. The molecule has 0 fully saturated rings. The Morgan fingerprint density at radius 3 is 2.50 bits per heavy atom. The number of aliphatic hydroxyl groups excluding tert-OH is 1. The zero-order chi connectivity index (χ0) is 15.9. The minimum Gasteiger partial charge on any atom is -0.434 e. The van der Waals surface area contributed by atoms with Crippen LogP contribution in [0, 0.1) is 6.92 Å². The van der Waals surface area contributed by atoms with Crippen molar-refractivity contribution in [1.29, 1.82) is 0 Å². The zero-order valence-electron chi connectivity index (χ0n) is 12.3. The van der Waals surface area contributed by atoms with Crippen LogP contribution in [-0.2, 0) is 6.54 Å². The fourth-order valence-electron chi connectivity index (χ4n) is 2.25. The van der Waals surface area contributed by atoms with Crippen molar-refractivity contribution < 1.29 is 18.6 Å². The maximum Gasteiger partial charge on any atom is 0.387 e. The fourth-order valence-corrected chi connectivity index (χ4v) is 2.25. The van der Waals surface area contributed by atoms with Crippen molar-refractivity contribution in [2.24, 2.45) is 0 Å². The van der Waals surface area contributed by atoms with E-state index in [4.69, 9.17) is 0 Å². The average Bonchev–Trinajstić information content (AvgIpc) is 2.51. The summed E-state index contributed by atoms with van der Waals surface area (Å²) < 4.78 is 29.5. The van der Waals surface area contributed by atoms with Gasteiger partial charge in [-0.1, -0.05) is 48.5 Å². The van der Waals surface area contributed by atoms with E-state index in [1.807, 2.05) is 30.3 Å². The average molecular weight is 307 g/mol. The van der Waals surface area contributed by atoms with Gasteiger partial charge in [0.2, 0.25) is 0 Å². The van der Waals surface area contributed by atoms with Crippen LogP contribution >= 0.6 is 0 Å². The lowest BCUT2D eigenvalue weighted by molar-refractivity contribution is -0.0509. The van der Waals surface area contributed by atoms with E-state index in [1.54, 1.807) is 25.1 Å². The number of ether oxygens (including phenoxy) is 1. The normalized spacial score (nSPS) is 12.4. The molecular weight excluding hydrogens is 288 g/mol. The topological polar surface area (TPSA) is 41.5 Å². The molecule has 0 radical (unpaired) electrons. The number of hydrogen-bond acceptors (Lipinski definition) is 3. The summed E-state index contributed by atoms with van der Waals surface area (Å²) in [6.07, 6.45) is -0.648. The van der Waals surface area contributed by atoms with Gasteiger partial charge in [-0.05, 0) is 18.1 Å². The summed E-state index contributed by atoms with van der Waals surface area (Å²) in [5.74, 6) is 0.194. The molecule has 0 aliphatic rings. The second-order valence-corrected chi connectivity index (χ2v) is 5.00. The van der Waals surface area contributed by atoms with Gasteiger partial charge in [-0.25, -0.2) is 0 Å². The Labute approximate surface area is 128 Å². The number of aryl methyl sites for hydroxylation is 1. The molecule has 0 spiro atoms. The summed E-state index contributed by atoms with van der Waals surface area (Å²) in [6.45, 7) is -0.463. The highest BCUT2D eigenvalue weighted by atomic mass is 19.3. The quantitative estimate of drug-likeness (QED) is 0.823. The third kappa shape index (κ3) is 4.51.